The SMILES string of the molecule is O=c1[nH]c(-c2cccs2)c(CN2CCc3ccccc3C2)s1. The van der Waals surface area contributed by atoms with Gasteiger partial charge in [0.15, 0.2) is 0 Å². The summed E-state index contributed by atoms with van der Waals surface area (Å²) in [5.41, 5.74) is 3.87. The van der Waals surface area contributed by atoms with Gasteiger partial charge in [0.05, 0.1) is 10.6 Å². The predicted molar refractivity (Wildman–Crippen MR) is 92.5 cm³/mol. The smallest absolute Gasteiger partial charge is 0.305 e. The molecular formula is C17H16N2OS2. The Bertz CT molecular complexity index is 832. The van der Waals surface area contributed by atoms with Crippen molar-refractivity contribution >= 4 is 22.7 Å². The molecule has 1 aliphatic rings. The summed E-state index contributed by atoms with van der Waals surface area (Å²) < 4.78 is 0. The van der Waals surface area contributed by atoms with Crippen molar-refractivity contribution in [2.24, 2.45) is 0 Å². The number of hydrogen-bond donors (Lipinski definition) is 1. The standard InChI is InChI=1S/C17H16N2OS2/c20-17-18-16(14-6-3-9-21-14)15(22-17)11-19-8-7-12-4-1-2-5-13(12)10-19/h1-6,9H,7-8,10-11H2,(H,18,20). The van der Waals surface area contributed by atoms with Crippen LogP contribution in [0.15, 0.2) is 46.6 Å². The Kier molecular flexibility index (Phi) is 3.70. The Morgan fingerprint density at radius 1 is 1.14 bits per heavy atom. The lowest BCUT2D eigenvalue weighted by Gasteiger charge is -2.28. The Morgan fingerprint density at radius 3 is 2.82 bits per heavy atom. The van der Waals surface area contributed by atoms with E-state index < -0.39 is 0 Å². The van der Waals surface area contributed by atoms with Crippen LogP contribution in [0.25, 0.3) is 10.6 Å². The van der Waals surface area contributed by atoms with E-state index in [-0.39, 0.29) is 4.87 Å². The molecule has 112 valence electrons. The first kappa shape index (κ1) is 13.9. The second-order valence-electron chi connectivity index (χ2n) is 5.52. The number of nitrogens with zero attached hydrogens (tertiary/aromatic N) is 1. The summed E-state index contributed by atoms with van der Waals surface area (Å²) in [5.74, 6) is 0. The average Bonchev–Trinajstić information content (AvgIpc) is 3.17. The van der Waals surface area contributed by atoms with Crippen molar-refractivity contribution in [3.63, 3.8) is 0 Å². The fraction of sp³-hybridized carbons (Fsp3) is 0.235. The van der Waals surface area contributed by atoms with Crippen molar-refractivity contribution in [3.8, 4) is 10.6 Å². The number of fused-ring (bicyclic) bond motifs is 1. The first-order valence-corrected chi connectivity index (χ1v) is 9.04. The van der Waals surface area contributed by atoms with E-state index in [9.17, 15) is 4.79 Å². The minimum absolute atomic E-state index is 0.0378. The topological polar surface area (TPSA) is 36.1 Å². The first-order chi connectivity index (χ1) is 10.8. The summed E-state index contributed by atoms with van der Waals surface area (Å²) in [5, 5.41) is 2.05. The lowest BCUT2D eigenvalue weighted by molar-refractivity contribution is 0.248. The summed E-state index contributed by atoms with van der Waals surface area (Å²) in [7, 11) is 0. The minimum atomic E-state index is 0.0378. The van der Waals surface area contributed by atoms with Crippen molar-refractivity contribution in [1.82, 2.24) is 9.88 Å². The van der Waals surface area contributed by atoms with Crippen molar-refractivity contribution in [2.45, 2.75) is 19.5 Å². The molecular weight excluding hydrogens is 312 g/mol. The Labute approximate surface area is 136 Å². The van der Waals surface area contributed by atoms with Crippen LogP contribution in [-0.2, 0) is 19.5 Å². The molecule has 5 heteroatoms. The molecule has 0 aliphatic carbocycles. The van der Waals surface area contributed by atoms with Gasteiger partial charge < -0.3 is 4.98 Å². The van der Waals surface area contributed by atoms with Crippen LogP contribution in [0, 0.1) is 0 Å². The fourth-order valence-corrected chi connectivity index (χ4v) is 4.69. The lowest BCUT2D eigenvalue weighted by Crippen LogP contribution is -2.29. The van der Waals surface area contributed by atoms with Gasteiger partial charge in [-0.2, -0.15) is 0 Å². The molecule has 0 atom stereocenters. The Balaban J connectivity index is 1.59. The summed E-state index contributed by atoms with van der Waals surface area (Å²) >= 11 is 3.01. The van der Waals surface area contributed by atoms with Gasteiger partial charge in [-0.15, -0.1) is 11.3 Å². The predicted octanol–water partition coefficient (Wildman–Crippen LogP) is 3.72. The molecule has 1 aliphatic heterocycles. The normalized spacial score (nSPS) is 14.9. The van der Waals surface area contributed by atoms with Crippen LogP contribution in [0.5, 0.6) is 0 Å². The van der Waals surface area contributed by atoms with E-state index in [4.69, 9.17) is 0 Å². The van der Waals surface area contributed by atoms with Gasteiger partial charge in [0, 0.05) is 24.5 Å². The van der Waals surface area contributed by atoms with Gasteiger partial charge in [-0.3, -0.25) is 9.69 Å². The molecule has 3 aromatic rings. The molecule has 0 fully saturated rings. The zero-order chi connectivity index (χ0) is 14.9. The molecule has 0 saturated heterocycles. The van der Waals surface area contributed by atoms with Crippen LogP contribution >= 0.6 is 22.7 Å². The number of benzene rings is 1. The summed E-state index contributed by atoms with van der Waals surface area (Å²) in [6, 6.07) is 12.7. The highest BCUT2D eigenvalue weighted by atomic mass is 32.1. The van der Waals surface area contributed by atoms with Gasteiger partial charge in [-0.25, -0.2) is 0 Å². The van der Waals surface area contributed by atoms with Gasteiger partial charge in [0.1, 0.15) is 0 Å². The van der Waals surface area contributed by atoms with E-state index in [1.54, 1.807) is 11.3 Å². The second-order valence-corrected chi connectivity index (χ2v) is 7.53. The molecule has 0 radical (unpaired) electrons. The third-order valence-electron chi connectivity index (χ3n) is 4.07. The molecule has 0 spiro atoms. The third-order valence-corrected chi connectivity index (χ3v) is 5.82. The molecule has 0 saturated carbocycles. The quantitative estimate of drug-likeness (QED) is 0.795. The van der Waals surface area contributed by atoms with Crippen molar-refractivity contribution < 1.29 is 0 Å². The number of aromatic nitrogens is 1. The van der Waals surface area contributed by atoms with E-state index in [0.717, 1.165) is 41.5 Å². The molecule has 2 aromatic heterocycles. The third kappa shape index (κ3) is 2.67. The molecule has 0 unspecified atom stereocenters. The zero-order valence-electron chi connectivity index (χ0n) is 12.0. The number of hydrogen-bond acceptors (Lipinski definition) is 4. The molecule has 4 rings (SSSR count). The monoisotopic (exact) mass is 328 g/mol. The highest BCUT2D eigenvalue weighted by molar-refractivity contribution is 7.14. The summed E-state index contributed by atoms with van der Waals surface area (Å²) in [6.45, 7) is 2.85. The number of thiophene rings is 1. The molecule has 3 nitrogen and oxygen atoms in total. The number of rotatable bonds is 3. The first-order valence-electron chi connectivity index (χ1n) is 7.34. The average molecular weight is 328 g/mol. The fourth-order valence-electron chi connectivity index (χ4n) is 2.98. The molecule has 1 aromatic carbocycles. The van der Waals surface area contributed by atoms with Crippen LogP contribution in [0.4, 0.5) is 0 Å². The van der Waals surface area contributed by atoms with Gasteiger partial charge in [0.2, 0.25) is 0 Å². The second kappa shape index (κ2) is 5.83. The maximum absolute atomic E-state index is 11.8. The number of aromatic amines is 1. The maximum Gasteiger partial charge on any atom is 0.305 e. The molecule has 3 heterocycles. The summed E-state index contributed by atoms with van der Waals surface area (Å²) in [4.78, 5) is 19.6. The van der Waals surface area contributed by atoms with Crippen LogP contribution in [-0.4, -0.2) is 16.4 Å². The zero-order valence-corrected chi connectivity index (χ0v) is 13.7. The van der Waals surface area contributed by atoms with E-state index in [2.05, 4.69) is 40.2 Å². The molecule has 1 N–H and O–H groups in total. The number of thiazole rings is 1. The van der Waals surface area contributed by atoms with Gasteiger partial charge in [-0.1, -0.05) is 41.7 Å². The van der Waals surface area contributed by atoms with Crippen LogP contribution < -0.4 is 4.87 Å². The maximum atomic E-state index is 11.8. The number of nitrogens with one attached hydrogen (secondary N) is 1. The van der Waals surface area contributed by atoms with Crippen LogP contribution in [0.3, 0.4) is 0 Å². The van der Waals surface area contributed by atoms with Crippen LogP contribution in [0.1, 0.15) is 16.0 Å². The van der Waals surface area contributed by atoms with Gasteiger partial charge >= 0.3 is 4.87 Å². The van der Waals surface area contributed by atoms with E-state index in [0.29, 0.717) is 0 Å². The highest BCUT2D eigenvalue weighted by Crippen LogP contribution is 2.29. The van der Waals surface area contributed by atoms with Crippen molar-refractivity contribution in [2.75, 3.05) is 6.54 Å². The van der Waals surface area contributed by atoms with Gasteiger partial charge in [0.25, 0.3) is 0 Å². The highest BCUT2D eigenvalue weighted by Gasteiger charge is 2.19. The lowest BCUT2D eigenvalue weighted by atomic mass is 10.00. The van der Waals surface area contributed by atoms with E-state index in [1.165, 1.54) is 22.5 Å². The largest absolute Gasteiger partial charge is 0.311 e. The Hall–Kier alpha value is -1.69. The van der Waals surface area contributed by atoms with E-state index >= 15 is 0 Å². The Morgan fingerprint density at radius 2 is 2.00 bits per heavy atom. The summed E-state index contributed by atoms with van der Waals surface area (Å²) in [6.07, 6.45) is 1.09. The van der Waals surface area contributed by atoms with Gasteiger partial charge in [-0.05, 0) is 29.0 Å². The van der Waals surface area contributed by atoms with E-state index in [1.807, 2.05) is 11.4 Å². The van der Waals surface area contributed by atoms with Crippen LogP contribution in [0.2, 0.25) is 0 Å². The minimum Gasteiger partial charge on any atom is -0.311 e. The van der Waals surface area contributed by atoms with Crippen molar-refractivity contribution in [3.05, 3.63) is 67.4 Å². The number of H-pyrrole nitrogens is 1. The van der Waals surface area contributed by atoms with Crippen molar-refractivity contribution in [1.29, 1.82) is 0 Å². The molecule has 22 heavy (non-hydrogen) atoms. The molecule has 0 amide bonds. The molecule has 0 bridgehead atoms.